The standard InChI is InChI=1S/C19H20N2O3/c1-23-13-3-4-18(24-2)15(9-13)14-10-16(14)19(22)21-8-6-12-11-20-7-5-17(12)21/h3-5,7,9,11,14,16H,6,8,10H2,1-2H3/t14-,16-/m1/s1. The average molecular weight is 324 g/mol. The van der Waals surface area contributed by atoms with Crippen LogP contribution in [0.3, 0.4) is 0 Å². The lowest BCUT2D eigenvalue weighted by molar-refractivity contribution is -0.119. The van der Waals surface area contributed by atoms with Gasteiger partial charge in [-0.2, -0.15) is 0 Å². The Hall–Kier alpha value is -2.56. The van der Waals surface area contributed by atoms with E-state index in [9.17, 15) is 4.79 Å². The van der Waals surface area contributed by atoms with Crippen LogP contribution in [0.5, 0.6) is 11.5 Å². The van der Waals surface area contributed by atoms with Crippen LogP contribution in [0.2, 0.25) is 0 Å². The number of amides is 1. The molecule has 1 fully saturated rings. The maximum Gasteiger partial charge on any atom is 0.230 e. The number of pyridine rings is 1. The summed E-state index contributed by atoms with van der Waals surface area (Å²) in [6.07, 6.45) is 5.35. The molecule has 1 aromatic carbocycles. The fraction of sp³-hybridized carbons (Fsp3) is 0.368. The van der Waals surface area contributed by atoms with Gasteiger partial charge in [-0.1, -0.05) is 0 Å². The predicted molar refractivity (Wildman–Crippen MR) is 90.7 cm³/mol. The zero-order valence-corrected chi connectivity index (χ0v) is 13.9. The fourth-order valence-electron chi connectivity index (χ4n) is 3.60. The minimum Gasteiger partial charge on any atom is -0.497 e. The second kappa shape index (κ2) is 5.82. The summed E-state index contributed by atoms with van der Waals surface area (Å²) in [6, 6.07) is 7.71. The predicted octanol–water partition coefficient (Wildman–Crippen LogP) is 2.79. The second-order valence-corrected chi connectivity index (χ2v) is 6.30. The summed E-state index contributed by atoms with van der Waals surface area (Å²) >= 11 is 0. The van der Waals surface area contributed by atoms with Gasteiger partial charge in [0.15, 0.2) is 0 Å². The maximum atomic E-state index is 12.9. The number of carbonyl (C=O) groups excluding carboxylic acids is 1. The third-order valence-electron chi connectivity index (χ3n) is 4.98. The van der Waals surface area contributed by atoms with E-state index in [0.29, 0.717) is 0 Å². The Bertz CT molecular complexity index is 790. The molecule has 0 bridgehead atoms. The molecule has 1 saturated carbocycles. The molecule has 1 aliphatic carbocycles. The van der Waals surface area contributed by atoms with Crippen molar-refractivity contribution in [1.82, 2.24) is 4.98 Å². The van der Waals surface area contributed by atoms with Crippen LogP contribution in [-0.4, -0.2) is 31.7 Å². The van der Waals surface area contributed by atoms with Gasteiger partial charge in [-0.05, 0) is 42.7 Å². The summed E-state index contributed by atoms with van der Waals surface area (Å²) in [5.41, 5.74) is 3.23. The van der Waals surface area contributed by atoms with E-state index in [1.807, 2.05) is 35.4 Å². The molecular formula is C19H20N2O3. The number of aromatic nitrogens is 1. The lowest BCUT2D eigenvalue weighted by Crippen LogP contribution is -2.30. The van der Waals surface area contributed by atoms with E-state index in [2.05, 4.69) is 4.98 Å². The first kappa shape index (κ1) is 15.0. The first-order valence-electron chi connectivity index (χ1n) is 8.19. The number of methoxy groups -OCH3 is 2. The highest BCUT2D eigenvalue weighted by Crippen LogP contribution is 2.52. The monoisotopic (exact) mass is 324 g/mol. The van der Waals surface area contributed by atoms with E-state index in [-0.39, 0.29) is 17.7 Å². The van der Waals surface area contributed by atoms with E-state index in [1.54, 1.807) is 20.4 Å². The van der Waals surface area contributed by atoms with Gasteiger partial charge in [0.25, 0.3) is 0 Å². The molecule has 2 aliphatic rings. The molecule has 2 aromatic rings. The lowest BCUT2D eigenvalue weighted by Gasteiger charge is -2.17. The van der Waals surface area contributed by atoms with Crippen LogP contribution >= 0.6 is 0 Å². The number of carbonyl (C=O) groups is 1. The Morgan fingerprint density at radius 2 is 2.12 bits per heavy atom. The Morgan fingerprint density at radius 1 is 1.25 bits per heavy atom. The first-order valence-corrected chi connectivity index (χ1v) is 8.19. The van der Waals surface area contributed by atoms with Crippen molar-refractivity contribution in [3.8, 4) is 11.5 Å². The highest BCUT2D eigenvalue weighted by atomic mass is 16.5. The zero-order valence-electron chi connectivity index (χ0n) is 13.9. The van der Waals surface area contributed by atoms with Crippen molar-refractivity contribution in [1.29, 1.82) is 0 Å². The lowest BCUT2D eigenvalue weighted by atomic mass is 10.1. The minimum atomic E-state index is 0.0186. The molecule has 124 valence electrons. The van der Waals surface area contributed by atoms with Crippen molar-refractivity contribution in [2.24, 2.45) is 5.92 Å². The summed E-state index contributed by atoms with van der Waals surface area (Å²) in [6.45, 7) is 0.748. The quantitative estimate of drug-likeness (QED) is 0.868. The van der Waals surface area contributed by atoms with Crippen molar-refractivity contribution in [3.05, 3.63) is 47.8 Å². The molecule has 4 rings (SSSR count). The molecule has 2 heterocycles. The SMILES string of the molecule is COc1ccc(OC)c([C@H]2C[C@H]2C(=O)N2CCc3cnccc32)c1. The zero-order chi connectivity index (χ0) is 16.7. The average Bonchev–Trinajstić information content (AvgIpc) is 3.32. The normalized spacial score (nSPS) is 21.3. The molecular weight excluding hydrogens is 304 g/mol. The number of hydrogen-bond acceptors (Lipinski definition) is 4. The topological polar surface area (TPSA) is 51.7 Å². The van der Waals surface area contributed by atoms with Gasteiger partial charge in [0, 0.05) is 42.0 Å². The van der Waals surface area contributed by atoms with Gasteiger partial charge in [-0.3, -0.25) is 9.78 Å². The van der Waals surface area contributed by atoms with Gasteiger partial charge in [0.2, 0.25) is 5.91 Å². The van der Waals surface area contributed by atoms with Crippen molar-refractivity contribution in [2.75, 3.05) is 25.7 Å². The summed E-state index contributed by atoms with van der Waals surface area (Å²) in [5, 5.41) is 0. The Kier molecular flexibility index (Phi) is 3.63. The molecule has 24 heavy (non-hydrogen) atoms. The largest absolute Gasteiger partial charge is 0.497 e. The van der Waals surface area contributed by atoms with Crippen LogP contribution in [0.25, 0.3) is 0 Å². The van der Waals surface area contributed by atoms with Crippen LogP contribution in [0, 0.1) is 5.92 Å². The fourth-order valence-corrected chi connectivity index (χ4v) is 3.60. The number of anilines is 1. The summed E-state index contributed by atoms with van der Waals surface area (Å²) in [5.74, 6) is 2.04. The Balaban J connectivity index is 1.56. The van der Waals surface area contributed by atoms with E-state index in [4.69, 9.17) is 9.47 Å². The molecule has 0 N–H and O–H groups in total. The van der Waals surface area contributed by atoms with Crippen LogP contribution in [0.4, 0.5) is 5.69 Å². The van der Waals surface area contributed by atoms with Gasteiger partial charge in [-0.25, -0.2) is 0 Å². The first-order chi connectivity index (χ1) is 11.7. The van der Waals surface area contributed by atoms with Crippen molar-refractivity contribution < 1.29 is 14.3 Å². The van der Waals surface area contributed by atoms with Crippen molar-refractivity contribution in [2.45, 2.75) is 18.8 Å². The van der Waals surface area contributed by atoms with Crippen molar-refractivity contribution >= 4 is 11.6 Å². The number of fused-ring (bicyclic) bond motifs is 1. The molecule has 5 heteroatoms. The molecule has 1 aliphatic heterocycles. The highest BCUT2D eigenvalue weighted by Gasteiger charge is 2.48. The van der Waals surface area contributed by atoms with Crippen molar-refractivity contribution in [3.63, 3.8) is 0 Å². The molecule has 0 radical (unpaired) electrons. The minimum absolute atomic E-state index is 0.0186. The van der Waals surface area contributed by atoms with Crippen LogP contribution in [-0.2, 0) is 11.2 Å². The molecule has 5 nitrogen and oxygen atoms in total. The third kappa shape index (κ3) is 2.40. The summed E-state index contributed by atoms with van der Waals surface area (Å²) < 4.78 is 10.8. The van der Waals surface area contributed by atoms with Gasteiger partial charge in [0.1, 0.15) is 11.5 Å². The maximum absolute atomic E-state index is 12.9. The van der Waals surface area contributed by atoms with Gasteiger partial charge in [-0.15, -0.1) is 0 Å². The van der Waals surface area contributed by atoms with Crippen LogP contribution < -0.4 is 14.4 Å². The summed E-state index contributed by atoms with van der Waals surface area (Å²) in [4.78, 5) is 19.0. The second-order valence-electron chi connectivity index (χ2n) is 6.30. The van der Waals surface area contributed by atoms with Gasteiger partial charge < -0.3 is 14.4 Å². The van der Waals surface area contributed by atoms with Gasteiger partial charge >= 0.3 is 0 Å². The smallest absolute Gasteiger partial charge is 0.230 e. The van der Waals surface area contributed by atoms with E-state index in [1.165, 1.54) is 0 Å². The number of benzene rings is 1. The molecule has 0 saturated heterocycles. The number of nitrogens with zero attached hydrogens (tertiary/aromatic N) is 2. The molecule has 2 atom stereocenters. The number of hydrogen-bond donors (Lipinski definition) is 0. The molecule has 0 unspecified atom stereocenters. The molecule has 1 aromatic heterocycles. The number of ether oxygens (including phenoxy) is 2. The highest BCUT2D eigenvalue weighted by molar-refractivity contribution is 5.99. The van der Waals surface area contributed by atoms with Gasteiger partial charge in [0.05, 0.1) is 14.2 Å². The summed E-state index contributed by atoms with van der Waals surface area (Å²) in [7, 11) is 3.31. The third-order valence-corrected chi connectivity index (χ3v) is 4.98. The Labute approximate surface area is 141 Å². The van der Waals surface area contributed by atoms with E-state index < -0.39 is 0 Å². The Morgan fingerprint density at radius 3 is 2.92 bits per heavy atom. The van der Waals surface area contributed by atoms with Crippen LogP contribution in [0.15, 0.2) is 36.7 Å². The van der Waals surface area contributed by atoms with E-state index in [0.717, 1.165) is 47.7 Å². The van der Waals surface area contributed by atoms with Crippen LogP contribution in [0.1, 0.15) is 23.5 Å². The number of rotatable bonds is 4. The van der Waals surface area contributed by atoms with E-state index >= 15 is 0 Å². The molecule has 1 amide bonds. The molecule has 0 spiro atoms.